The number of piperidine rings is 1. The summed E-state index contributed by atoms with van der Waals surface area (Å²) in [6.45, 7) is 0. The van der Waals surface area contributed by atoms with Crippen LogP contribution in [0.5, 0.6) is 0 Å². The Morgan fingerprint density at radius 3 is 2.59 bits per heavy atom. The van der Waals surface area contributed by atoms with Gasteiger partial charge in [-0.3, -0.25) is 9.69 Å². The fourth-order valence-corrected chi connectivity index (χ4v) is 4.09. The van der Waals surface area contributed by atoms with Gasteiger partial charge in [-0.25, -0.2) is 0 Å². The zero-order valence-corrected chi connectivity index (χ0v) is 12.6. The van der Waals surface area contributed by atoms with Crippen molar-refractivity contribution in [1.82, 2.24) is 4.90 Å². The summed E-state index contributed by atoms with van der Waals surface area (Å²) in [5.41, 5.74) is 2.08. The number of carbonyl (C=O) groups is 1. The minimum atomic E-state index is -0.0850. The van der Waals surface area contributed by atoms with E-state index in [1.165, 1.54) is 19.1 Å². The van der Waals surface area contributed by atoms with E-state index >= 15 is 0 Å². The Morgan fingerprint density at radius 1 is 1.32 bits per heavy atom. The highest BCUT2D eigenvalue weighted by molar-refractivity contribution is 5.75. The van der Waals surface area contributed by atoms with Crippen LogP contribution in [0.3, 0.4) is 0 Å². The minimum absolute atomic E-state index is 0. The molecule has 0 spiro atoms. The largest absolute Gasteiger partial charge is 0.469 e. The van der Waals surface area contributed by atoms with E-state index in [0.717, 1.165) is 18.4 Å². The Bertz CT molecular complexity index is 572. The third-order valence-corrected chi connectivity index (χ3v) is 5.25. The number of nitrogens with zero attached hydrogens (tertiary/aromatic N) is 1. The van der Waals surface area contributed by atoms with Gasteiger partial charge in [0.25, 0.3) is 0 Å². The minimum Gasteiger partial charge on any atom is -0.469 e. The predicted octanol–water partition coefficient (Wildman–Crippen LogP) is 3.04. The second-order valence-corrected chi connectivity index (χ2v) is 6.12. The molecule has 4 atom stereocenters. The summed E-state index contributed by atoms with van der Waals surface area (Å²) in [4.78, 5) is 14.7. The van der Waals surface area contributed by atoms with E-state index in [-0.39, 0.29) is 25.2 Å². The molecule has 0 N–H and O–H groups in total. The highest BCUT2D eigenvalue weighted by Gasteiger charge is 2.49. The topological polar surface area (TPSA) is 29.5 Å². The van der Waals surface area contributed by atoms with Crippen LogP contribution in [0, 0.1) is 18.3 Å². The standard InChI is InChI=1S/C18H21NO2.CH4/c1-4-12-5-7-13(8-6-12)15-11-14-9-10-16(19(14)2)17(15)18(20)21-3;/h1,5-8,14-17H,9-11H2,2-3H3;1H4. The van der Waals surface area contributed by atoms with Crippen molar-refractivity contribution in [2.45, 2.75) is 44.7 Å². The van der Waals surface area contributed by atoms with E-state index in [2.05, 4.69) is 30.0 Å². The van der Waals surface area contributed by atoms with E-state index in [1.807, 2.05) is 12.1 Å². The van der Waals surface area contributed by atoms with Crippen LogP contribution in [-0.2, 0) is 9.53 Å². The van der Waals surface area contributed by atoms with Gasteiger partial charge in [-0.2, -0.15) is 0 Å². The summed E-state index contributed by atoms with van der Waals surface area (Å²) < 4.78 is 5.09. The first-order valence-corrected chi connectivity index (χ1v) is 7.52. The number of benzene rings is 1. The van der Waals surface area contributed by atoms with Gasteiger partial charge in [-0.15, -0.1) is 6.42 Å². The average molecular weight is 299 g/mol. The van der Waals surface area contributed by atoms with Gasteiger partial charge in [0.1, 0.15) is 0 Å². The first-order valence-electron chi connectivity index (χ1n) is 7.52. The van der Waals surface area contributed by atoms with Gasteiger partial charge in [0, 0.05) is 23.6 Å². The van der Waals surface area contributed by atoms with Gasteiger partial charge in [0.2, 0.25) is 0 Å². The molecule has 2 bridgehead atoms. The fourth-order valence-electron chi connectivity index (χ4n) is 4.09. The van der Waals surface area contributed by atoms with Crippen molar-refractivity contribution in [3.63, 3.8) is 0 Å². The molecule has 2 aliphatic heterocycles. The quantitative estimate of drug-likeness (QED) is 0.621. The molecule has 0 radical (unpaired) electrons. The van der Waals surface area contributed by atoms with Crippen LogP contribution in [-0.4, -0.2) is 37.1 Å². The van der Waals surface area contributed by atoms with Gasteiger partial charge in [0.15, 0.2) is 0 Å². The number of hydrogen-bond acceptors (Lipinski definition) is 3. The first kappa shape index (κ1) is 16.6. The molecule has 1 aromatic carbocycles. The molecule has 0 amide bonds. The molecule has 3 heteroatoms. The lowest BCUT2D eigenvalue weighted by atomic mass is 9.76. The number of terminal acetylenes is 1. The van der Waals surface area contributed by atoms with Gasteiger partial charge in [-0.1, -0.05) is 25.5 Å². The molecule has 2 fully saturated rings. The van der Waals surface area contributed by atoms with Gasteiger partial charge < -0.3 is 4.74 Å². The SMILES string of the molecule is C.C#Cc1ccc(C2CC3CCC(C2C(=O)OC)N3C)cc1. The van der Waals surface area contributed by atoms with Crippen LogP contribution in [0.1, 0.15) is 43.7 Å². The van der Waals surface area contributed by atoms with Crippen LogP contribution in [0.15, 0.2) is 24.3 Å². The maximum absolute atomic E-state index is 12.3. The van der Waals surface area contributed by atoms with Gasteiger partial charge >= 0.3 is 5.97 Å². The summed E-state index contributed by atoms with van der Waals surface area (Å²) in [6.07, 6.45) is 8.69. The Labute approximate surface area is 133 Å². The van der Waals surface area contributed by atoms with Crippen molar-refractivity contribution < 1.29 is 9.53 Å². The maximum Gasteiger partial charge on any atom is 0.310 e. The highest BCUT2D eigenvalue weighted by Crippen LogP contribution is 2.46. The maximum atomic E-state index is 12.3. The third-order valence-electron chi connectivity index (χ3n) is 5.25. The summed E-state index contributed by atoms with van der Waals surface area (Å²) in [7, 11) is 3.62. The normalized spacial score (nSPS) is 30.2. The third kappa shape index (κ3) is 2.64. The molecular formula is C19H25NO2. The van der Waals surface area contributed by atoms with Gasteiger partial charge in [-0.05, 0) is 44.0 Å². The Morgan fingerprint density at radius 2 is 2.00 bits per heavy atom. The second-order valence-electron chi connectivity index (χ2n) is 6.12. The summed E-state index contributed by atoms with van der Waals surface area (Å²) in [5, 5.41) is 0. The fraction of sp³-hybridized carbons (Fsp3) is 0.526. The zero-order valence-electron chi connectivity index (χ0n) is 12.6. The lowest BCUT2D eigenvalue weighted by Gasteiger charge is -2.41. The van der Waals surface area contributed by atoms with Crippen LogP contribution < -0.4 is 0 Å². The number of esters is 1. The van der Waals surface area contributed by atoms with Crippen molar-refractivity contribution in [3.05, 3.63) is 35.4 Å². The molecule has 0 aliphatic carbocycles. The highest BCUT2D eigenvalue weighted by atomic mass is 16.5. The monoisotopic (exact) mass is 299 g/mol. The summed E-state index contributed by atoms with van der Waals surface area (Å²) in [5.74, 6) is 2.71. The zero-order chi connectivity index (χ0) is 15.0. The van der Waals surface area contributed by atoms with Crippen molar-refractivity contribution in [2.75, 3.05) is 14.2 Å². The molecule has 0 saturated carbocycles. The molecule has 2 heterocycles. The van der Waals surface area contributed by atoms with E-state index in [1.54, 1.807) is 0 Å². The molecule has 0 aromatic heterocycles. The average Bonchev–Trinajstić information content (AvgIpc) is 2.76. The summed E-state index contributed by atoms with van der Waals surface area (Å²) in [6, 6.07) is 8.94. The van der Waals surface area contributed by atoms with Crippen molar-refractivity contribution in [1.29, 1.82) is 0 Å². The number of fused-ring (bicyclic) bond motifs is 2. The smallest absolute Gasteiger partial charge is 0.310 e. The molecule has 2 saturated heterocycles. The Hall–Kier alpha value is -1.79. The number of rotatable bonds is 2. The van der Waals surface area contributed by atoms with Crippen LogP contribution in [0.25, 0.3) is 0 Å². The number of ether oxygens (including phenoxy) is 1. The number of hydrogen-bond donors (Lipinski definition) is 0. The van der Waals surface area contributed by atoms with E-state index in [0.29, 0.717) is 12.1 Å². The molecule has 4 unspecified atom stereocenters. The molecule has 1 aromatic rings. The first-order chi connectivity index (χ1) is 10.2. The van der Waals surface area contributed by atoms with Crippen molar-refractivity contribution in [2.24, 2.45) is 5.92 Å². The molecule has 3 rings (SSSR count). The van der Waals surface area contributed by atoms with Crippen LogP contribution in [0.2, 0.25) is 0 Å². The Balaban J connectivity index is 0.00000176. The summed E-state index contributed by atoms with van der Waals surface area (Å²) >= 11 is 0. The second kappa shape index (κ2) is 6.54. The van der Waals surface area contributed by atoms with Crippen molar-refractivity contribution in [3.8, 4) is 12.3 Å². The van der Waals surface area contributed by atoms with E-state index < -0.39 is 0 Å². The molecule has 3 nitrogen and oxygen atoms in total. The van der Waals surface area contributed by atoms with Crippen molar-refractivity contribution >= 4 is 5.97 Å². The lowest BCUT2D eigenvalue weighted by Crippen LogP contribution is -2.49. The molecule has 22 heavy (non-hydrogen) atoms. The van der Waals surface area contributed by atoms with E-state index in [4.69, 9.17) is 11.2 Å². The molecule has 2 aliphatic rings. The number of carbonyl (C=O) groups excluding carboxylic acids is 1. The molecular weight excluding hydrogens is 274 g/mol. The Kier molecular flexibility index (Phi) is 4.93. The molecule has 118 valence electrons. The van der Waals surface area contributed by atoms with Gasteiger partial charge in [0.05, 0.1) is 13.0 Å². The predicted molar refractivity (Wildman–Crippen MR) is 88.5 cm³/mol. The van der Waals surface area contributed by atoms with Crippen LogP contribution in [0.4, 0.5) is 0 Å². The lowest BCUT2D eigenvalue weighted by molar-refractivity contribution is -0.150. The number of methoxy groups -OCH3 is 1. The van der Waals surface area contributed by atoms with Crippen LogP contribution >= 0.6 is 0 Å². The van der Waals surface area contributed by atoms with E-state index in [9.17, 15) is 4.79 Å².